The van der Waals surface area contributed by atoms with E-state index in [1.165, 1.54) is 11.3 Å². The van der Waals surface area contributed by atoms with Gasteiger partial charge in [0.15, 0.2) is 0 Å². The Morgan fingerprint density at radius 3 is 2.67 bits per heavy atom. The van der Waals surface area contributed by atoms with Gasteiger partial charge in [0.05, 0.1) is 5.69 Å². The van der Waals surface area contributed by atoms with Gasteiger partial charge in [-0.25, -0.2) is 4.79 Å². The maximum atomic E-state index is 11.0. The van der Waals surface area contributed by atoms with Crippen LogP contribution in [0.1, 0.15) is 9.67 Å². The second-order valence-electron chi connectivity index (χ2n) is 3.85. The van der Waals surface area contributed by atoms with Crippen molar-refractivity contribution in [1.29, 1.82) is 0 Å². The van der Waals surface area contributed by atoms with E-state index in [2.05, 4.69) is 4.98 Å². The SMILES string of the molecule is O=C(O)c1cc2c(-c3ccccc3)nccc2s1. The Morgan fingerprint density at radius 1 is 1.17 bits per heavy atom. The number of carboxylic acid groups (broad SMARTS) is 1. The van der Waals surface area contributed by atoms with E-state index >= 15 is 0 Å². The maximum Gasteiger partial charge on any atom is 0.345 e. The van der Waals surface area contributed by atoms with E-state index in [9.17, 15) is 4.79 Å². The first-order chi connectivity index (χ1) is 8.75. The monoisotopic (exact) mass is 255 g/mol. The van der Waals surface area contributed by atoms with Gasteiger partial charge in [0.25, 0.3) is 0 Å². The van der Waals surface area contributed by atoms with Crippen molar-refractivity contribution in [3.63, 3.8) is 0 Å². The molecule has 0 fully saturated rings. The number of hydrogen-bond donors (Lipinski definition) is 1. The minimum Gasteiger partial charge on any atom is -0.477 e. The zero-order valence-corrected chi connectivity index (χ0v) is 10.1. The summed E-state index contributed by atoms with van der Waals surface area (Å²) in [5.41, 5.74) is 1.83. The second-order valence-corrected chi connectivity index (χ2v) is 4.94. The Hall–Kier alpha value is -2.20. The van der Waals surface area contributed by atoms with Crippen LogP contribution >= 0.6 is 11.3 Å². The van der Waals surface area contributed by atoms with E-state index in [1.54, 1.807) is 12.3 Å². The topological polar surface area (TPSA) is 50.2 Å². The quantitative estimate of drug-likeness (QED) is 0.760. The lowest BCUT2D eigenvalue weighted by molar-refractivity contribution is 0.0702. The van der Waals surface area contributed by atoms with Gasteiger partial charge in [-0.3, -0.25) is 4.98 Å². The standard InChI is InChI=1S/C14H9NO2S/c16-14(17)12-8-10-11(18-12)6-7-15-13(10)9-4-2-1-3-5-9/h1-8H,(H,16,17). The molecular weight excluding hydrogens is 246 g/mol. The van der Waals surface area contributed by atoms with Crippen molar-refractivity contribution in [3.8, 4) is 11.3 Å². The second kappa shape index (κ2) is 4.23. The van der Waals surface area contributed by atoms with Crippen molar-refractivity contribution >= 4 is 27.4 Å². The molecule has 0 amide bonds. The number of thiophene rings is 1. The molecule has 0 aliphatic heterocycles. The van der Waals surface area contributed by atoms with Crippen LogP contribution in [0.3, 0.4) is 0 Å². The summed E-state index contributed by atoms with van der Waals surface area (Å²) >= 11 is 1.27. The third-order valence-corrected chi connectivity index (χ3v) is 3.79. The Morgan fingerprint density at radius 2 is 1.94 bits per heavy atom. The highest BCUT2D eigenvalue weighted by Gasteiger charge is 2.12. The molecular formula is C14H9NO2S. The summed E-state index contributed by atoms with van der Waals surface area (Å²) in [7, 11) is 0. The predicted octanol–water partition coefficient (Wildman–Crippen LogP) is 3.66. The molecule has 0 radical (unpaired) electrons. The summed E-state index contributed by atoms with van der Waals surface area (Å²) in [5.74, 6) is -0.893. The summed E-state index contributed by atoms with van der Waals surface area (Å²) in [6.45, 7) is 0. The molecule has 2 aromatic heterocycles. The van der Waals surface area contributed by atoms with Crippen molar-refractivity contribution in [1.82, 2.24) is 4.98 Å². The van der Waals surface area contributed by atoms with Crippen LogP contribution in [-0.4, -0.2) is 16.1 Å². The van der Waals surface area contributed by atoms with Crippen LogP contribution in [0.5, 0.6) is 0 Å². The van der Waals surface area contributed by atoms with Crippen LogP contribution in [0.25, 0.3) is 21.3 Å². The molecule has 0 spiro atoms. The van der Waals surface area contributed by atoms with Crippen LogP contribution in [-0.2, 0) is 0 Å². The van der Waals surface area contributed by atoms with Gasteiger partial charge in [-0.2, -0.15) is 0 Å². The minimum atomic E-state index is -0.893. The zero-order chi connectivity index (χ0) is 12.5. The van der Waals surface area contributed by atoms with Crippen molar-refractivity contribution in [2.75, 3.05) is 0 Å². The van der Waals surface area contributed by atoms with Crippen LogP contribution in [0.15, 0.2) is 48.7 Å². The first-order valence-electron chi connectivity index (χ1n) is 5.43. The highest BCUT2D eigenvalue weighted by Crippen LogP contribution is 2.32. The van der Waals surface area contributed by atoms with Gasteiger partial charge >= 0.3 is 5.97 Å². The van der Waals surface area contributed by atoms with E-state index in [0.717, 1.165) is 21.3 Å². The van der Waals surface area contributed by atoms with Crippen LogP contribution in [0.4, 0.5) is 0 Å². The average Bonchev–Trinajstić information content (AvgIpc) is 2.83. The number of aromatic nitrogens is 1. The molecule has 1 N–H and O–H groups in total. The van der Waals surface area contributed by atoms with Gasteiger partial charge in [-0.15, -0.1) is 11.3 Å². The number of carboxylic acids is 1. The summed E-state index contributed by atoms with van der Waals surface area (Å²) in [6, 6.07) is 13.3. The summed E-state index contributed by atoms with van der Waals surface area (Å²) < 4.78 is 0.946. The maximum absolute atomic E-state index is 11.0. The zero-order valence-electron chi connectivity index (χ0n) is 9.33. The van der Waals surface area contributed by atoms with Gasteiger partial charge in [0.1, 0.15) is 4.88 Å². The molecule has 88 valence electrons. The molecule has 4 heteroatoms. The van der Waals surface area contributed by atoms with E-state index in [4.69, 9.17) is 5.11 Å². The highest BCUT2D eigenvalue weighted by atomic mass is 32.1. The third-order valence-electron chi connectivity index (χ3n) is 2.70. The molecule has 2 heterocycles. The smallest absolute Gasteiger partial charge is 0.345 e. The number of pyridine rings is 1. The van der Waals surface area contributed by atoms with Crippen LogP contribution in [0, 0.1) is 0 Å². The molecule has 3 rings (SSSR count). The molecule has 0 aliphatic carbocycles. The summed E-state index contributed by atoms with van der Waals surface area (Å²) in [5, 5.41) is 9.93. The Labute approximate surface area is 107 Å². The molecule has 0 saturated heterocycles. The van der Waals surface area contributed by atoms with Crippen LogP contribution < -0.4 is 0 Å². The van der Waals surface area contributed by atoms with Crippen LogP contribution in [0.2, 0.25) is 0 Å². The number of nitrogens with zero attached hydrogens (tertiary/aromatic N) is 1. The van der Waals surface area contributed by atoms with Crippen molar-refractivity contribution in [3.05, 3.63) is 53.5 Å². The first kappa shape index (κ1) is 10.9. The number of hydrogen-bond acceptors (Lipinski definition) is 3. The lowest BCUT2D eigenvalue weighted by Crippen LogP contribution is -1.89. The van der Waals surface area contributed by atoms with E-state index in [1.807, 2.05) is 36.4 Å². The number of benzene rings is 1. The third kappa shape index (κ3) is 1.76. The lowest BCUT2D eigenvalue weighted by atomic mass is 10.1. The largest absolute Gasteiger partial charge is 0.477 e. The fourth-order valence-electron chi connectivity index (χ4n) is 1.89. The number of rotatable bonds is 2. The molecule has 0 unspecified atom stereocenters. The minimum absolute atomic E-state index is 0.343. The lowest BCUT2D eigenvalue weighted by Gasteiger charge is -2.01. The van der Waals surface area contributed by atoms with E-state index in [-0.39, 0.29) is 0 Å². The number of carbonyl (C=O) groups is 1. The Balaban J connectivity index is 2.27. The predicted molar refractivity (Wildman–Crippen MR) is 72.0 cm³/mol. The summed E-state index contributed by atoms with van der Waals surface area (Å²) in [4.78, 5) is 15.7. The van der Waals surface area contributed by atoms with Gasteiger partial charge in [0, 0.05) is 21.8 Å². The van der Waals surface area contributed by atoms with E-state index < -0.39 is 5.97 Å². The fraction of sp³-hybridized carbons (Fsp3) is 0. The molecule has 3 nitrogen and oxygen atoms in total. The van der Waals surface area contributed by atoms with Gasteiger partial charge in [-0.1, -0.05) is 30.3 Å². The molecule has 0 bridgehead atoms. The number of fused-ring (bicyclic) bond motifs is 1. The Bertz CT molecular complexity index is 719. The van der Waals surface area contributed by atoms with E-state index in [0.29, 0.717) is 4.88 Å². The normalized spacial score (nSPS) is 10.7. The molecule has 0 saturated carbocycles. The molecule has 0 atom stereocenters. The first-order valence-corrected chi connectivity index (χ1v) is 6.24. The highest BCUT2D eigenvalue weighted by molar-refractivity contribution is 7.20. The average molecular weight is 255 g/mol. The van der Waals surface area contributed by atoms with Crippen molar-refractivity contribution < 1.29 is 9.90 Å². The fourth-order valence-corrected chi connectivity index (χ4v) is 2.79. The Kier molecular flexibility index (Phi) is 2.57. The molecule has 0 aliphatic rings. The van der Waals surface area contributed by atoms with Crippen molar-refractivity contribution in [2.45, 2.75) is 0 Å². The molecule has 18 heavy (non-hydrogen) atoms. The van der Waals surface area contributed by atoms with Gasteiger partial charge in [0.2, 0.25) is 0 Å². The molecule has 1 aromatic carbocycles. The van der Waals surface area contributed by atoms with Gasteiger partial charge < -0.3 is 5.11 Å². The molecule has 3 aromatic rings. The van der Waals surface area contributed by atoms with Gasteiger partial charge in [-0.05, 0) is 12.1 Å². The number of aromatic carboxylic acids is 1. The summed E-state index contributed by atoms with van der Waals surface area (Å²) in [6.07, 6.45) is 1.72. The van der Waals surface area contributed by atoms with Crippen molar-refractivity contribution in [2.24, 2.45) is 0 Å².